The van der Waals surface area contributed by atoms with Crippen LogP contribution in [0.25, 0.3) is 11.1 Å². The lowest BCUT2D eigenvalue weighted by Crippen LogP contribution is -2.09. The Labute approximate surface area is 200 Å². The van der Waals surface area contributed by atoms with Gasteiger partial charge >= 0.3 is 7.82 Å². The minimum Gasteiger partial charge on any atom is -0.386 e. The van der Waals surface area contributed by atoms with E-state index in [0.717, 1.165) is 20.5 Å². The zero-order valence-electron chi connectivity index (χ0n) is 17.5. The Morgan fingerprint density at radius 2 is 1.44 bits per heavy atom. The lowest BCUT2D eigenvalue weighted by molar-refractivity contribution is 0.297. The molecule has 0 radical (unpaired) electrons. The minimum atomic E-state index is -4.05. The Hall–Kier alpha value is -2.44. The number of phosphoric ester groups is 1. The van der Waals surface area contributed by atoms with Crippen molar-refractivity contribution < 1.29 is 18.1 Å². The van der Waals surface area contributed by atoms with Gasteiger partial charge in [0.25, 0.3) is 0 Å². The third-order valence-electron chi connectivity index (χ3n) is 4.60. The maximum atomic E-state index is 13.8. The topological polar surface area (TPSA) is 44.8 Å². The first-order valence-corrected chi connectivity index (χ1v) is 14.0. The molecule has 0 saturated heterocycles. The van der Waals surface area contributed by atoms with Crippen LogP contribution in [0, 0.1) is 3.82 Å². The Morgan fingerprint density at radius 3 is 2.06 bits per heavy atom. The average Bonchev–Trinajstić information content (AvgIpc) is 3.21. The molecule has 0 aliphatic heterocycles. The Kier molecular flexibility index (Phi) is 7.11. The molecule has 0 spiro atoms. The fourth-order valence-electron chi connectivity index (χ4n) is 3.05. The van der Waals surface area contributed by atoms with Crippen LogP contribution in [-0.4, -0.2) is 0 Å². The number of hydrogen-bond donors (Lipinski definition) is 0. The molecule has 4 aromatic rings. The summed E-state index contributed by atoms with van der Waals surface area (Å²) in [6.07, 6.45) is 0. The molecular weight excluding hydrogens is 479 g/mol. The zero-order valence-corrected chi connectivity index (χ0v) is 20.8. The molecule has 0 saturated carbocycles. The van der Waals surface area contributed by atoms with Gasteiger partial charge in [0.2, 0.25) is 0 Å². The largest absolute Gasteiger partial charge is 0.647 e. The molecule has 0 amide bonds. The van der Waals surface area contributed by atoms with Crippen LogP contribution in [0.5, 0.6) is 17.2 Å². The highest BCUT2D eigenvalue weighted by Crippen LogP contribution is 2.51. The van der Waals surface area contributed by atoms with Crippen molar-refractivity contribution in [1.29, 1.82) is 0 Å². The second-order valence-electron chi connectivity index (χ2n) is 7.25. The Morgan fingerprint density at radius 1 is 0.812 bits per heavy atom. The van der Waals surface area contributed by atoms with Gasteiger partial charge in [-0.25, -0.2) is 0 Å². The van der Waals surface area contributed by atoms with Crippen LogP contribution in [0.2, 0.25) is 0 Å². The van der Waals surface area contributed by atoms with Gasteiger partial charge < -0.3 is 13.6 Å². The van der Waals surface area contributed by atoms with E-state index in [0.29, 0.717) is 17.2 Å². The molecule has 4 rings (SSSR count). The van der Waals surface area contributed by atoms with Gasteiger partial charge in [-0.05, 0) is 47.4 Å². The zero-order chi connectivity index (χ0) is 22.6. The predicted octanol–water partition coefficient (Wildman–Crippen LogP) is 8.97. The fraction of sp³-hybridized carbons (Fsp3) is 0.125. The van der Waals surface area contributed by atoms with E-state index in [9.17, 15) is 4.57 Å². The molecule has 0 fully saturated rings. The molecule has 1 heterocycles. The minimum absolute atomic E-state index is 0.176. The summed E-state index contributed by atoms with van der Waals surface area (Å²) in [5, 5.41) is 2.03. The van der Waals surface area contributed by atoms with Crippen molar-refractivity contribution in [3.8, 4) is 28.4 Å². The van der Waals surface area contributed by atoms with Crippen LogP contribution < -0.4 is 13.6 Å². The molecule has 0 N–H and O–H groups in total. The quantitative estimate of drug-likeness (QED) is 0.137. The lowest BCUT2D eigenvalue weighted by atomic mass is 10.0. The van der Waals surface area contributed by atoms with Crippen molar-refractivity contribution in [2.24, 2.45) is 0 Å². The lowest BCUT2D eigenvalue weighted by Gasteiger charge is -2.21. The first kappa shape index (κ1) is 22.7. The van der Waals surface area contributed by atoms with Gasteiger partial charge in [-0.15, -0.1) is 0 Å². The molecule has 32 heavy (non-hydrogen) atoms. The first-order valence-electron chi connectivity index (χ1n) is 9.94. The summed E-state index contributed by atoms with van der Waals surface area (Å²) >= 11 is 5.38. The van der Waals surface area contributed by atoms with E-state index in [2.05, 4.69) is 0 Å². The summed E-state index contributed by atoms with van der Waals surface area (Å²) in [7, 11) is -0.890. The van der Waals surface area contributed by atoms with Crippen molar-refractivity contribution in [3.05, 3.63) is 93.6 Å². The number of para-hydroxylation sites is 2. The smallest absolute Gasteiger partial charge is 0.386 e. The highest BCUT2D eigenvalue weighted by molar-refractivity contribution is 7.79. The molecule has 3 aromatic carbocycles. The van der Waals surface area contributed by atoms with E-state index >= 15 is 0 Å². The summed E-state index contributed by atoms with van der Waals surface area (Å²) < 4.78 is 32.1. The maximum Gasteiger partial charge on any atom is 0.647 e. The summed E-state index contributed by atoms with van der Waals surface area (Å²) in [6.45, 7) is 4.09. The average molecular weight is 501 g/mol. The summed E-state index contributed by atoms with van der Waals surface area (Å²) in [5.74, 6) is 1.41. The van der Waals surface area contributed by atoms with E-state index < -0.39 is 7.82 Å². The van der Waals surface area contributed by atoms with Crippen molar-refractivity contribution in [1.82, 2.24) is 0 Å². The van der Waals surface area contributed by atoms with E-state index in [4.69, 9.17) is 25.8 Å². The highest BCUT2D eigenvalue weighted by Gasteiger charge is 2.34. The number of benzene rings is 3. The second-order valence-corrected chi connectivity index (χ2v) is 11.4. The van der Waals surface area contributed by atoms with Crippen molar-refractivity contribution in [3.63, 3.8) is 0 Å². The van der Waals surface area contributed by atoms with Crippen molar-refractivity contribution >= 4 is 40.7 Å². The molecule has 0 aliphatic rings. The van der Waals surface area contributed by atoms with Gasteiger partial charge in [-0.1, -0.05) is 95.3 Å². The fourth-order valence-corrected chi connectivity index (χ4v) is 6.72. The molecule has 0 aliphatic carbocycles. The van der Waals surface area contributed by atoms with Crippen LogP contribution in [0.15, 0.2) is 84.2 Å². The van der Waals surface area contributed by atoms with Crippen molar-refractivity contribution in [2.45, 2.75) is 19.8 Å². The third kappa shape index (κ3) is 5.48. The van der Waals surface area contributed by atoms with Crippen LogP contribution in [0.1, 0.15) is 25.3 Å². The van der Waals surface area contributed by atoms with Gasteiger partial charge in [0.05, 0.1) is 0 Å². The second kappa shape index (κ2) is 10.0. The SMILES string of the molecule is CC(C)c1ccccc1OP(=O)(Oc1ccccc1)Oc1ccc(-c2cssc2=S)cc1. The van der Waals surface area contributed by atoms with Crippen LogP contribution >= 0.6 is 40.7 Å². The Bertz CT molecular complexity index is 1280. The third-order valence-corrected chi connectivity index (χ3v) is 8.56. The standard InChI is InChI=1S/C24H21O4PS3/c1-17(2)21-10-6-7-11-23(21)28-29(25,26-19-8-4-3-5-9-19)27-20-14-12-18(13-15-20)22-16-31-32-24(22)30/h3-17H,1-2H3. The maximum absolute atomic E-state index is 13.8. The molecule has 0 bridgehead atoms. The monoisotopic (exact) mass is 500 g/mol. The molecule has 1 atom stereocenters. The first-order chi connectivity index (χ1) is 15.4. The van der Waals surface area contributed by atoms with E-state index in [1.807, 2.05) is 55.6 Å². The van der Waals surface area contributed by atoms with Gasteiger partial charge in [-0.3, -0.25) is 0 Å². The van der Waals surface area contributed by atoms with E-state index in [1.165, 1.54) is 0 Å². The molecule has 1 aromatic heterocycles. The summed E-state index contributed by atoms with van der Waals surface area (Å²) in [5.41, 5.74) is 2.90. The molecule has 8 heteroatoms. The van der Waals surface area contributed by atoms with Crippen LogP contribution in [0.3, 0.4) is 0 Å². The van der Waals surface area contributed by atoms with Crippen LogP contribution in [0.4, 0.5) is 0 Å². The highest BCUT2D eigenvalue weighted by atomic mass is 32.9. The molecule has 164 valence electrons. The number of phosphoric acid groups is 1. The van der Waals surface area contributed by atoms with Gasteiger partial charge in [-0.2, -0.15) is 4.57 Å². The van der Waals surface area contributed by atoms with Crippen molar-refractivity contribution in [2.75, 3.05) is 0 Å². The molecular formula is C24H21O4PS3. The van der Waals surface area contributed by atoms with E-state index in [-0.39, 0.29) is 5.92 Å². The predicted molar refractivity (Wildman–Crippen MR) is 135 cm³/mol. The number of rotatable bonds is 8. The van der Waals surface area contributed by atoms with Gasteiger partial charge in [0.15, 0.2) is 0 Å². The van der Waals surface area contributed by atoms with Crippen LogP contribution in [-0.2, 0) is 4.57 Å². The summed E-state index contributed by atoms with van der Waals surface area (Å²) in [6, 6.07) is 23.6. The van der Waals surface area contributed by atoms with Gasteiger partial charge in [0.1, 0.15) is 21.1 Å². The molecule has 1 unspecified atom stereocenters. The normalized spacial score (nSPS) is 12.8. The summed E-state index contributed by atoms with van der Waals surface area (Å²) in [4.78, 5) is 0. The molecule has 4 nitrogen and oxygen atoms in total. The van der Waals surface area contributed by atoms with E-state index in [1.54, 1.807) is 63.1 Å². The number of hydrogen-bond acceptors (Lipinski definition) is 7. The Balaban J connectivity index is 1.64. The van der Waals surface area contributed by atoms with Gasteiger partial charge in [0, 0.05) is 10.9 Å².